The Balaban J connectivity index is 2.45. The standard InChI is InChI=1S/C19H26O8/c1-5-14(20)17(26-10-22-3)18(27-11-23-4)19(21,6-2)13-7-8-15-16(9-13)25-12-24-15/h5-9,14,17-18,20-21H,1-2,10-12H2,3-4H3/t14-,17+,18-,19+/m0/s1. The highest BCUT2D eigenvalue weighted by molar-refractivity contribution is 5.47. The Morgan fingerprint density at radius 3 is 2.44 bits per heavy atom. The molecule has 0 fully saturated rings. The SMILES string of the molecule is C=C[C@H](O)[C@@H](OCOC)[C@H](OCOC)[C@@](O)(C=C)c1ccc2c(c1)OCO2. The van der Waals surface area contributed by atoms with Crippen molar-refractivity contribution in [2.75, 3.05) is 34.6 Å². The van der Waals surface area contributed by atoms with Crippen LogP contribution in [0.5, 0.6) is 11.5 Å². The smallest absolute Gasteiger partial charge is 0.231 e. The molecular formula is C19H26O8. The highest BCUT2D eigenvalue weighted by atomic mass is 16.7. The van der Waals surface area contributed by atoms with Crippen LogP contribution in [0.1, 0.15) is 5.56 Å². The Morgan fingerprint density at radius 1 is 1.15 bits per heavy atom. The normalized spacial score (nSPS) is 18.4. The number of aliphatic hydroxyl groups excluding tert-OH is 1. The molecule has 0 amide bonds. The quantitative estimate of drug-likeness (QED) is 0.413. The maximum Gasteiger partial charge on any atom is 0.231 e. The molecule has 0 saturated heterocycles. The number of ether oxygens (including phenoxy) is 6. The zero-order valence-corrected chi connectivity index (χ0v) is 15.5. The van der Waals surface area contributed by atoms with Crippen molar-refractivity contribution >= 4 is 0 Å². The molecule has 8 nitrogen and oxygen atoms in total. The second-order valence-electron chi connectivity index (χ2n) is 5.86. The van der Waals surface area contributed by atoms with E-state index < -0.39 is 23.9 Å². The molecule has 150 valence electrons. The summed E-state index contributed by atoms with van der Waals surface area (Å²) in [5.74, 6) is 1.05. The van der Waals surface area contributed by atoms with Crippen LogP contribution in [0.3, 0.4) is 0 Å². The van der Waals surface area contributed by atoms with Gasteiger partial charge in [-0.1, -0.05) is 24.8 Å². The molecule has 0 saturated carbocycles. The average Bonchev–Trinajstić information content (AvgIpc) is 3.17. The van der Waals surface area contributed by atoms with E-state index in [1.807, 2.05) is 0 Å². The number of fused-ring (bicyclic) bond motifs is 1. The first-order chi connectivity index (χ1) is 13.0. The largest absolute Gasteiger partial charge is 0.454 e. The number of methoxy groups -OCH3 is 2. The van der Waals surface area contributed by atoms with Crippen molar-refractivity contribution in [2.24, 2.45) is 0 Å². The van der Waals surface area contributed by atoms with Crippen LogP contribution >= 0.6 is 0 Å². The van der Waals surface area contributed by atoms with Crippen LogP contribution in [0.25, 0.3) is 0 Å². The zero-order chi connectivity index (χ0) is 19.9. The number of rotatable bonds is 12. The first-order valence-corrected chi connectivity index (χ1v) is 8.29. The molecule has 1 aromatic carbocycles. The van der Waals surface area contributed by atoms with Gasteiger partial charge in [-0.3, -0.25) is 0 Å². The number of hydrogen-bond donors (Lipinski definition) is 2. The van der Waals surface area contributed by atoms with Gasteiger partial charge in [-0.2, -0.15) is 0 Å². The summed E-state index contributed by atoms with van der Waals surface area (Å²) < 4.78 is 31.9. The Bertz CT molecular complexity index is 634. The van der Waals surface area contributed by atoms with Crippen molar-refractivity contribution in [2.45, 2.75) is 23.9 Å². The molecule has 0 radical (unpaired) electrons. The van der Waals surface area contributed by atoms with Crippen LogP contribution < -0.4 is 9.47 Å². The lowest BCUT2D eigenvalue weighted by Crippen LogP contribution is -2.52. The van der Waals surface area contributed by atoms with E-state index in [0.717, 1.165) is 0 Å². The molecule has 1 aliphatic rings. The van der Waals surface area contributed by atoms with Crippen LogP contribution in [-0.4, -0.2) is 63.1 Å². The Labute approximate surface area is 158 Å². The van der Waals surface area contributed by atoms with Gasteiger partial charge in [-0.25, -0.2) is 0 Å². The van der Waals surface area contributed by atoms with Gasteiger partial charge in [-0.05, 0) is 17.7 Å². The van der Waals surface area contributed by atoms with E-state index in [9.17, 15) is 10.2 Å². The second-order valence-corrected chi connectivity index (χ2v) is 5.86. The molecule has 4 atom stereocenters. The lowest BCUT2D eigenvalue weighted by Gasteiger charge is -2.39. The minimum absolute atomic E-state index is 0.101. The minimum Gasteiger partial charge on any atom is -0.454 e. The van der Waals surface area contributed by atoms with Gasteiger partial charge in [0.25, 0.3) is 0 Å². The van der Waals surface area contributed by atoms with Gasteiger partial charge in [0.05, 0.1) is 0 Å². The molecule has 0 unspecified atom stereocenters. The highest BCUT2D eigenvalue weighted by Crippen LogP contribution is 2.39. The molecular weight excluding hydrogens is 356 g/mol. The maximum absolute atomic E-state index is 11.5. The molecule has 27 heavy (non-hydrogen) atoms. The van der Waals surface area contributed by atoms with Crippen molar-refractivity contribution in [3.8, 4) is 11.5 Å². The van der Waals surface area contributed by atoms with E-state index in [2.05, 4.69) is 13.2 Å². The number of benzene rings is 1. The maximum atomic E-state index is 11.5. The summed E-state index contributed by atoms with van der Waals surface area (Å²) in [5.41, 5.74) is -1.33. The summed E-state index contributed by atoms with van der Waals surface area (Å²) in [5, 5.41) is 21.8. The van der Waals surface area contributed by atoms with Crippen molar-refractivity contribution < 1.29 is 38.6 Å². The first-order valence-electron chi connectivity index (χ1n) is 8.29. The monoisotopic (exact) mass is 382 g/mol. The predicted octanol–water partition coefficient (Wildman–Crippen LogP) is 1.31. The fourth-order valence-corrected chi connectivity index (χ4v) is 2.80. The molecule has 2 N–H and O–H groups in total. The fourth-order valence-electron chi connectivity index (χ4n) is 2.80. The molecule has 0 bridgehead atoms. The molecule has 2 rings (SSSR count). The summed E-state index contributed by atoms with van der Waals surface area (Å²) in [6.45, 7) is 7.14. The van der Waals surface area contributed by atoms with Crippen molar-refractivity contribution in [1.29, 1.82) is 0 Å². The van der Waals surface area contributed by atoms with Gasteiger partial charge in [0.2, 0.25) is 6.79 Å². The average molecular weight is 382 g/mol. The molecule has 1 aliphatic heterocycles. The number of hydrogen-bond acceptors (Lipinski definition) is 8. The third kappa shape index (κ3) is 4.67. The lowest BCUT2D eigenvalue weighted by atomic mass is 9.83. The van der Waals surface area contributed by atoms with Crippen LogP contribution in [0, 0.1) is 0 Å². The van der Waals surface area contributed by atoms with Gasteiger partial charge >= 0.3 is 0 Å². The van der Waals surface area contributed by atoms with Crippen LogP contribution in [0.4, 0.5) is 0 Å². The summed E-state index contributed by atoms with van der Waals surface area (Å²) in [4.78, 5) is 0. The summed E-state index contributed by atoms with van der Waals surface area (Å²) >= 11 is 0. The topological polar surface area (TPSA) is 95.8 Å². The predicted molar refractivity (Wildman–Crippen MR) is 96.4 cm³/mol. The third-order valence-electron chi connectivity index (χ3n) is 4.20. The van der Waals surface area contributed by atoms with Gasteiger partial charge < -0.3 is 38.6 Å². The Hall–Kier alpha value is -1.94. The highest BCUT2D eigenvalue weighted by Gasteiger charge is 2.45. The van der Waals surface area contributed by atoms with Crippen LogP contribution in [-0.2, 0) is 24.5 Å². The second kappa shape index (κ2) is 9.84. The molecule has 0 aliphatic carbocycles. The van der Waals surface area contributed by atoms with Crippen LogP contribution in [0.2, 0.25) is 0 Å². The van der Waals surface area contributed by atoms with E-state index >= 15 is 0 Å². The summed E-state index contributed by atoms with van der Waals surface area (Å²) in [6.07, 6.45) is -0.678. The van der Waals surface area contributed by atoms with Gasteiger partial charge in [0.1, 0.15) is 37.5 Å². The molecule has 0 spiro atoms. The fraction of sp³-hybridized carbons (Fsp3) is 0.474. The Morgan fingerprint density at radius 2 is 1.81 bits per heavy atom. The van der Waals surface area contributed by atoms with Gasteiger partial charge in [0.15, 0.2) is 11.5 Å². The minimum atomic E-state index is -1.75. The first kappa shape index (κ1) is 21.4. The Kier molecular flexibility index (Phi) is 7.78. The van der Waals surface area contributed by atoms with Crippen molar-refractivity contribution in [3.63, 3.8) is 0 Å². The summed E-state index contributed by atoms with van der Waals surface area (Å²) in [7, 11) is 2.89. The lowest BCUT2D eigenvalue weighted by molar-refractivity contribution is -0.221. The van der Waals surface area contributed by atoms with Crippen molar-refractivity contribution in [1.82, 2.24) is 0 Å². The van der Waals surface area contributed by atoms with E-state index in [0.29, 0.717) is 17.1 Å². The van der Waals surface area contributed by atoms with E-state index in [4.69, 9.17) is 28.4 Å². The molecule has 8 heteroatoms. The molecule has 0 aromatic heterocycles. The van der Waals surface area contributed by atoms with Gasteiger partial charge in [-0.15, -0.1) is 6.58 Å². The third-order valence-corrected chi connectivity index (χ3v) is 4.20. The zero-order valence-electron chi connectivity index (χ0n) is 15.5. The van der Waals surface area contributed by atoms with Crippen molar-refractivity contribution in [3.05, 3.63) is 49.1 Å². The molecule has 1 heterocycles. The summed E-state index contributed by atoms with van der Waals surface area (Å²) in [6, 6.07) is 4.96. The van der Waals surface area contributed by atoms with Crippen LogP contribution in [0.15, 0.2) is 43.5 Å². The molecule has 1 aromatic rings. The van der Waals surface area contributed by atoms with E-state index in [1.165, 1.54) is 26.4 Å². The van der Waals surface area contributed by atoms with Gasteiger partial charge in [0, 0.05) is 14.2 Å². The number of aliphatic hydroxyl groups is 2. The van der Waals surface area contributed by atoms with E-state index in [-0.39, 0.29) is 20.4 Å². The van der Waals surface area contributed by atoms with E-state index in [1.54, 1.807) is 18.2 Å².